The van der Waals surface area contributed by atoms with E-state index in [1.54, 1.807) is 54.6 Å². The fourth-order valence-electron chi connectivity index (χ4n) is 5.64. The second-order valence-electron chi connectivity index (χ2n) is 11.0. The number of sulfonamides is 1. The number of carbonyl (C=O) groups is 1. The van der Waals surface area contributed by atoms with Crippen LogP contribution in [0.2, 0.25) is 5.02 Å². The van der Waals surface area contributed by atoms with E-state index in [-0.39, 0.29) is 35.0 Å². The van der Waals surface area contributed by atoms with Gasteiger partial charge in [-0.2, -0.15) is 4.31 Å². The fourth-order valence-corrected chi connectivity index (χ4v) is 7.72. The molecule has 3 atom stereocenters. The van der Waals surface area contributed by atoms with Gasteiger partial charge in [0.05, 0.1) is 23.0 Å². The molecule has 4 aromatic rings. The molecule has 1 saturated heterocycles. The predicted octanol–water partition coefficient (Wildman–Crippen LogP) is 5.66. The Morgan fingerprint density at radius 2 is 1.82 bits per heavy atom. The third-order valence-corrected chi connectivity index (χ3v) is 10.0. The zero-order chi connectivity index (χ0) is 32.0. The van der Waals surface area contributed by atoms with Crippen molar-refractivity contribution in [3.8, 4) is 0 Å². The van der Waals surface area contributed by atoms with Gasteiger partial charge >= 0.3 is 0 Å². The molecule has 5 rings (SSSR count). The summed E-state index contributed by atoms with van der Waals surface area (Å²) in [6.45, 7) is 2.74. The summed E-state index contributed by atoms with van der Waals surface area (Å²) in [5, 5.41) is 9.67. The molecule has 45 heavy (non-hydrogen) atoms. The quantitative estimate of drug-likeness (QED) is 0.193. The number of benzene rings is 3. The van der Waals surface area contributed by atoms with Crippen molar-refractivity contribution in [1.82, 2.24) is 14.6 Å². The van der Waals surface area contributed by atoms with Crippen molar-refractivity contribution in [3.05, 3.63) is 119 Å². The van der Waals surface area contributed by atoms with E-state index in [0.29, 0.717) is 30.2 Å². The summed E-state index contributed by atoms with van der Waals surface area (Å²) in [4.78, 5) is 17.8. The van der Waals surface area contributed by atoms with Crippen LogP contribution in [-0.2, 0) is 27.7 Å². The molecule has 1 amide bonds. The summed E-state index contributed by atoms with van der Waals surface area (Å²) < 4.78 is 58.0. The van der Waals surface area contributed by atoms with Crippen LogP contribution in [0.4, 0.5) is 20.2 Å². The van der Waals surface area contributed by atoms with Crippen LogP contribution in [0.1, 0.15) is 24.5 Å². The van der Waals surface area contributed by atoms with E-state index in [1.807, 2.05) is 13.0 Å². The van der Waals surface area contributed by atoms with Crippen LogP contribution >= 0.6 is 11.6 Å². The van der Waals surface area contributed by atoms with Crippen molar-refractivity contribution >= 4 is 38.9 Å². The molecule has 0 aliphatic carbocycles. The number of anilines is 2. The number of hydrogen-bond acceptors (Lipinski definition) is 6. The van der Waals surface area contributed by atoms with E-state index >= 15 is 4.39 Å². The highest BCUT2D eigenvalue weighted by molar-refractivity contribution is 7.89. The zero-order valence-electron chi connectivity index (χ0n) is 24.6. The lowest BCUT2D eigenvalue weighted by atomic mass is 10.00. The summed E-state index contributed by atoms with van der Waals surface area (Å²) in [6, 6.07) is 19.3. The molecule has 1 aromatic heterocycles. The van der Waals surface area contributed by atoms with E-state index in [1.165, 1.54) is 28.7 Å². The van der Waals surface area contributed by atoms with Crippen molar-refractivity contribution in [2.75, 3.05) is 23.7 Å². The molecule has 12 heteroatoms. The van der Waals surface area contributed by atoms with Crippen LogP contribution in [0.25, 0.3) is 0 Å². The maximum absolute atomic E-state index is 15.3. The van der Waals surface area contributed by atoms with Crippen molar-refractivity contribution in [1.29, 1.82) is 0 Å². The van der Waals surface area contributed by atoms with E-state index < -0.39 is 39.6 Å². The van der Waals surface area contributed by atoms with Crippen LogP contribution in [0.15, 0.2) is 96.2 Å². The number of piperazine rings is 1. The van der Waals surface area contributed by atoms with Gasteiger partial charge < -0.3 is 16.0 Å². The third kappa shape index (κ3) is 8.04. The molecule has 3 aromatic carbocycles. The van der Waals surface area contributed by atoms with Crippen molar-refractivity contribution in [2.24, 2.45) is 0 Å². The minimum atomic E-state index is -3.80. The largest absolute Gasteiger partial charge is 0.372 e. The molecular weight excluding hydrogens is 620 g/mol. The first-order chi connectivity index (χ1) is 21.6. The first-order valence-electron chi connectivity index (χ1n) is 14.6. The summed E-state index contributed by atoms with van der Waals surface area (Å²) in [7, 11) is -3.80. The lowest BCUT2D eigenvalue weighted by molar-refractivity contribution is -0.116. The van der Waals surface area contributed by atoms with Gasteiger partial charge in [-0.05, 0) is 61.7 Å². The van der Waals surface area contributed by atoms with E-state index in [9.17, 15) is 17.6 Å². The Hall–Kier alpha value is -3.90. The number of pyridine rings is 1. The monoisotopic (exact) mass is 653 g/mol. The summed E-state index contributed by atoms with van der Waals surface area (Å²) in [5.41, 5.74) is 1.59. The summed E-state index contributed by atoms with van der Waals surface area (Å²) >= 11 is 6.17. The SMILES string of the molecule is C[C@@H]1CNC[C@H](CCc2c(F)cccc2NC(=O)[C@H](Cc2cccc(Cl)c2)Nc2cncc(F)c2)N1S(=O)(=O)c1ccccc1. The Morgan fingerprint density at radius 3 is 2.58 bits per heavy atom. The molecular formula is C33H34ClF2N5O3S. The Bertz CT molecular complexity index is 1700. The average Bonchev–Trinajstić information content (AvgIpc) is 3.01. The molecule has 2 heterocycles. The lowest BCUT2D eigenvalue weighted by Crippen LogP contribution is -2.58. The maximum Gasteiger partial charge on any atom is 0.247 e. The molecule has 236 valence electrons. The van der Waals surface area contributed by atoms with Gasteiger partial charge in [-0.25, -0.2) is 17.2 Å². The van der Waals surface area contributed by atoms with Gasteiger partial charge in [0.1, 0.15) is 17.7 Å². The number of nitrogens with one attached hydrogen (secondary N) is 3. The Balaban J connectivity index is 1.37. The Kier molecular flexibility index (Phi) is 10.4. The third-order valence-electron chi connectivity index (χ3n) is 7.73. The molecule has 1 fully saturated rings. The first kappa shape index (κ1) is 32.5. The number of aromatic nitrogens is 1. The number of halogens is 3. The molecule has 8 nitrogen and oxygen atoms in total. The van der Waals surface area contributed by atoms with E-state index in [4.69, 9.17) is 11.6 Å². The summed E-state index contributed by atoms with van der Waals surface area (Å²) in [5.74, 6) is -1.56. The first-order valence-corrected chi connectivity index (χ1v) is 16.4. The van der Waals surface area contributed by atoms with Crippen molar-refractivity contribution < 1.29 is 22.0 Å². The smallest absolute Gasteiger partial charge is 0.247 e. The second kappa shape index (κ2) is 14.5. The molecule has 0 bridgehead atoms. The maximum atomic E-state index is 15.3. The molecule has 0 spiro atoms. The topological polar surface area (TPSA) is 103 Å². The van der Waals surface area contributed by atoms with Gasteiger partial charge in [0.15, 0.2) is 0 Å². The zero-order valence-corrected chi connectivity index (χ0v) is 26.2. The predicted molar refractivity (Wildman–Crippen MR) is 172 cm³/mol. The van der Waals surface area contributed by atoms with E-state index in [0.717, 1.165) is 11.8 Å². The number of nitrogens with zero attached hydrogens (tertiary/aromatic N) is 2. The van der Waals surface area contributed by atoms with Gasteiger partial charge in [0.2, 0.25) is 15.9 Å². The number of rotatable bonds is 11. The number of amides is 1. The molecule has 0 unspecified atom stereocenters. The van der Waals surface area contributed by atoms with Crippen LogP contribution in [0, 0.1) is 11.6 Å². The average molecular weight is 654 g/mol. The minimum Gasteiger partial charge on any atom is -0.372 e. The highest BCUT2D eigenvalue weighted by atomic mass is 35.5. The highest BCUT2D eigenvalue weighted by Crippen LogP contribution is 2.28. The highest BCUT2D eigenvalue weighted by Gasteiger charge is 2.37. The van der Waals surface area contributed by atoms with Crippen LogP contribution in [0.5, 0.6) is 0 Å². The van der Waals surface area contributed by atoms with Crippen LogP contribution < -0.4 is 16.0 Å². The Labute approximate surface area is 266 Å². The molecule has 1 aliphatic rings. The van der Waals surface area contributed by atoms with E-state index in [2.05, 4.69) is 20.9 Å². The van der Waals surface area contributed by atoms with Crippen molar-refractivity contribution in [3.63, 3.8) is 0 Å². The molecule has 3 N–H and O–H groups in total. The van der Waals surface area contributed by atoms with Gasteiger partial charge in [-0.3, -0.25) is 9.78 Å². The van der Waals surface area contributed by atoms with Gasteiger partial charge in [0.25, 0.3) is 0 Å². The Morgan fingerprint density at radius 1 is 1.04 bits per heavy atom. The van der Waals surface area contributed by atoms with Gasteiger partial charge in [-0.1, -0.05) is 48.0 Å². The molecule has 1 aliphatic heterocycles. The van der Waals surface area contributed by atoms with Gasteiger partial charge in [0, 0.05) is 53.9 Å². The van der Waals surface area contributed by atoms with Crippen LogP contribution in [-0.4, -0.2) is 54.8 Å². The lowest BCUT2D eigenvalue weighted by Gasteiger charge is -2.40. The number of carbonyl (C=O) groups excluding carboxylic acids is 1. The second-order valence-corrected chi connectivity index (χ2v) is 13.3. The van der Waals surface area contributed by atoms with Crippen LogP contribution in [0.3, 0.4) is 0 Å². The number of hydrogen-bond donors (Lipinski definition) is 3. The molecule has 0 radical (unpaired) electrons. The normalized spacial score (nSPS) is 17.9. The van der Waals surface area contributed by atoms with Gasteiger partial charge in [-0.15, -0.1) is 0 Å². The fraction of sp³-hybridized carbons (Fsp3) is 0.273. The van der Waals surface area contributed by atoms with Crippen molar-refractivity contribution in [2.45, 2.75) is 49.2 Å². The minimum absolute atomic E-state index is 0.169. The standard InChI is InChI=1S/C33H34ClF2N5O3S/c1-22-18-37-21-27(41(22)45(43,44)28-9-3-2-4-10-28)13-14-29-30(36)11-6-12-31(29)40-33(42)32(16-23-7-5-8-24(34)15-23)39-26-17-25(35)19-38-20-26/h2-12,15,17,19-20,22,27,32,37,39H,13-14,16,18,21H2,1H3,(H,40,42)/t22-,27+,32+/m1/s1. The molecule has 0 saturated carbocycles. The summed E-state index contributed by atoms with van der Waals surface area (Å²) in [6.07, 6.45) is 3.15.